The molecule has 2 saturated heterocycles. The van der Waals surface area contributed by atoms with Crippen molar-refractivity contribution in [1.29, 1.82) is 0 Å². The highest BCUT2D eigenvalue weighted by molar-refractivity contribution is 7.89. The minimum absolute atomic E-state index is 0.129. The summed E-state index contributed by atoms with van der Waals surface area (Å²) in [5.74, 6) is 0.493. The van der Waals surface area contributed by atoms with Gasteiger partial charge in [-0.1, -0.05) is 42.5 Å². The molecule has 32 heavy (non-hydrogen) atoms. The topological polar surface area (TPSA) is 57.7 Å². The molecule has 2 aromatic rings. The molecule has 0 aromatic heterocycles. The van der Waals surface area contributed by atoms with Crippen LogP contribution < -0.4 is 0 Å². The molecule has 0 radical (unpaired) electrons. The van der Waals surface area contributed by atoms with Crippen molar-refractivity contribution in [2.24, 2.45) is 11.8 Å². The Morgan fingerprint density at radius 1 is 0.969 bits per heavy atom. The van der Waals surface area contributed by atoms with E-state index in [9.17, 15) is 13.2 Å². The van der Waals surface area contributed by atoms with E-state index in [4.69, 9.17) is 0 Å². The van der Waals surface area contributed by atoms with Crippen molar-refractivity contribution in [2.75, 3.05) is 26.2 Å². The van der Waals surface area contributed by atoms with E-state index in [1.807, 2.05) is 36.9 Å². The largest absolute Gasteiger partial charge is 0.342 e. The Labute approximate surface area is 192 Å². The number of amides is 1. The molecule has 0 spiro atoms. The monoisotopic (exact) mass is 454 g/mol. The lowest BCUT2D eigenvalue weighted by atomic mass is 9.89. The lowest BCUT2D eigenvalue weighted by molar-refractivity contribution is -0.138. The molecule has 0 unspecified atom stereocenters. The van der Waals surface area contributed by atoms with Crippen molar-refractivity contribution in [3.63, 3.8) is 0 Å². The number of rotatable bonds is 5. The summed E-state index contributed by atoms with van der Waals surface area (Å²) in [6.45, 7) is 6.06. The number of carbonyl (C=O) groups excluding carboxylic acids is 1. The van der Waals surface area contributed by atoms with Crippen LogP contribution in [-0.4, -0.2) is 49.7 Å². The normalized spacial score (nSPS) is 20.9. The summed E-state index contributed by atoms with van der Waals surface area (Å²) in [6, 6.07) is 16.1. The van der Waals surface area contributed by atoms with Gasteiger partial charge in [0.25, 0.3) is 0 Å². The van der Waals surface area contributed by atoms with Gasteiger partial charge < -0.3 is 4.90 Å². The molecule has 1 atom stereocenters. The molecular formula is C26H34N2O3S. The Kier molecular flexibility index (Phi) is 7.01. The smallest absolute Gasteiger partial charge is 0.243 e. The second kappa shape index (κ2) is 9.75. The molecule has 1 amide bonds. The summed E-state index contributed by atoms with van der Waals surface area (Å²) < 4.78 is 28.2. The van der Waals surface area contributed by atoms with Crippen LogP contribution in [0.5, 0.6) is 0 Å². The number of nitrogens with zero attached hydrogens (tertiary/aromatic N) is 2. The molecule has 0 bridgehead atoms. The van der Waals surface area contributed by atoms with Gasteiger partial charge in [0.2, 0.25) is 15.9 Å². The standard InChI is InChI=1S/C26H34N2O3S/c1-20-10-11-21(2)25(17-20)32(30,31)28-14-6-9-24(19-28)26(29)27-15-12-23(13-16-27)18-22-7-4-3-5-8-22/h3-5,7-8,10-11,17,23-24H,6,9,12-16,18-19H2,1-2H3/t24-/m0/s1. The molecule has 4 rings (SSSR count). The molecule has 2 aliphatic heterocycles. The van der Waals surface area contributed by atoms with Crippen LogP contribution in [0.25, 0.3) is 0 Å². The van der Waals surface area contributed by atoms with Gasteiger partial charge in [0, 0.05) is 26.2 Å². The number of aryl methyl sites for hydroxylation is 2. The predicted molar refractivity (Wildman–Crippen MR) is 127 cm³/mol. The second-order valence-electron chi connectivity index (χ2n) is 9.43. The summed E-state index contributed by atoms with van der Waals surface area (Å²) in [4.78, 5) is 15.6. The molecule has 5 nitrogen and oxygen atoms in total. The Bertz CT molecular complexity index is 1040. The van der Waals surface area contributed by atoms with Crippen LogP contribution in [0.1, 0.15) is 42.4 Å². The highest BCUT2D eigenvalue weighted by atomic mass is 32.2. The van der Waals surface area contributed by atoms with Crippen LogP contribution in [0.3, 0.4) is 0 Å². The molecule has 0 N–H and O–H groups in total. The lowest BCUT2D eigenvalue weighted by Crippen LogP contribution is -2.48. The number of hydrogen-bond donors (Lipinski definition) is 0. The van der Waals surface area contributed by atoms with Gasteiger partial charge in [-0.3, -0.25) is 4.79 Å². The third kappa shape index (κ3) is 5.07. The van der Waals surface area contributed by atoms with Crippen LogP contribution in [0, 0.1) is 25.7 Å². The summed E-state index contributed by atoms with van der Waals surface area (Å²) in [7, 11) is -3.59. The molecule has 0 saturated carbocycles. The van der Waals surface area contributed by atoms with Crippen LogP contribution in [-0.2, 0) is 21.2 Å². The maximum absolute atomic E-state index is 13.3. The third-order valence-electron chi connectivity index (χ3n) is 6.99. The second-order valence-corrected chi connectivity index (χ2v) is 11.3. The Morgan fingerprint density at radius 3 is 2.41 bits per heavy atom. The molecule has 172 valence electrons. The highest BCUT2D eigenvalue weighted by Gasteiger charge is 2.36. The van der Waals surface area contributed by atoms with Crippen molar-refractivity contribution >= 4 is 15.9 Å². The minimum atomic E-state index is -3.59. The minimum Gasteiger partial charge on any atom is -0.342 e. The fourth-order valence-corrected chi connectivity index (χ4v) is 6.88. The van der Waals surface area contributed by atoms with Gasteiger partial charge in [0.05, 0.1) is 10.8 Å². The Balaban J connectivity index is 1.37. The first-order chi connectivity index (χ1) is 15.3. The quantitative estimate of drug-likeness (QED) is 0.681. The maximum Gasteiger partial charge on any atom is 0.243 e. The van der Waals surface area contributed by atoms with Gasteiger partial charge in [-0.2, -0.15) is 4.31 Å². The first kappa shape index (κ1) is 23.0. The fraction of sp³-hybridized carbons (Fsp3) is 0.500. The molecule has 0 aliphatic carbocycles. The van der Waals surface area contributed by atoms with Crippen LogP contribution in [0.15, 0.2) is 53.4 Å². The first-order valence-corrected chi connectivity index (χ1v) is 13.2. The van der Waals surface area contributed by atoms with E-state index < -0.39 is 10.0 Å². The zero-order valence-electron chi connectivity index (χ0n) is 19.2. The lowest BCUT2D eigenvalue weighted by Gasteiger charge is -2.37. The van der Waals surface area contributed by atoms with Crippen molar-refractivity contribution in [3.8, 4) is 0 Å². The van der Waals surface area contributed by atoms with Gasteiger partial charge in [-0.25, -0.2) is 8.42 Å². The van der Waals surface area contributed by atoms with E-state index in [-0.39, 0.29) is 11.8 Å². The highest BCUT2D eigenvalue weighted by Crippen LogP contribution is 2.29. The number of carbonyl (C=O) groups is 1. The van der Waals surface area contributed by atoms with Crippen molar-refractivity contribution in [2.45, 2.75) is 50.8 Å². The third-order valence-corrected chi connectivity index (χ3v) is 9.00. The summed E-state index contributed by atoms with van der Waals surface area (Å²) in [6.07, 6.45) is 4.58. The van der Waals surface area contributed by atoms with Crippen LogP contribution >= 0.6 is 0 Å². The van der Waals surface area contributed by atoms with Crippen molar-refractivity contribution in [1.82, 2.24) is 9.21 Å². The summed E-state index contributed by atoms with van der Waals surface area (Å²) >= 11 is 0. The van der Waals surface area contributed by atoms with Gasteiger partial charge >= 0.3 is 0 Å². The van der Waals surface area contributed by atoms with E-state index in [0.717, 1.165) is 56.3 Å². The van der Waals surface area contributed by atoms with Gasteiger partial charge in [-0.05, 0) is 74.6 Å². The average Bonchev–Trinajstić information content (AvgIpc) is 2.81. The number of hydrogen-bond acceptors (Lipinski definition) is 3. The van der Waals surface area contributed by atoms with E-state index in [2.05, 4.69) is 24.3 Å². The van der Waals surface area contributed by atoms with Crippen LogP contribution in [0.2, 0.25) is 0 Å². The van der Waals surface area contributed by atoms with Gasteiger partial charge in [0.15, 0.2) is 0 Å². The predicted octanol–water partition coefficient (Wildman–Crippen LogP) is 4.19. The molecule has 2 fully saturated rings. The molecule has 6 heteroatoms. The van der Waals surface area contributed by atoms with Gasteiger partial charge in [0.1, 0.15) is 0 Å². The summed E-state index contributed by atoms with van der Waals surface area (Å²) in [5, 5.41) is 0. The van der Waals surface area contributed by atoms with Crippen molar-refractivity contribution in [3.05, 3.63) is 65.2 Å². The van der Waals surface area contributed by atoms with Gasteiger partial charge in [-0.15, -0.1) is 0 Å². The number of likely N-dealkylation sites (tertiary alicyclic amines) is 1. The molecule has 2 aromatic carbocycles. The van der Waals surface area contributed by atoms with Crippen LogP contribution in [0.4, 0.5) is 0 Å². The number of piperidine rings is 2. The Morgan fingerprint density at radius 2 is 1.69 bits per heavy atom. The zero-order valence-corrected chi connectivity index (χ0v) is 20.0. The van der Waals surface area contributed by atoms with E-state index in [0.29, 0.717) is 23.9 Å². The molecule has 2 heterocycles. The zero-order chi connectivity index (χ0) is 22.7. The summed E-state index contributed by atoms with van der Waals surface area (Å²) in [5.41, 5.74) is 3.04. The van der Waals surface area contributed by atoms with E-state index in [1.165, 1.54) is 9.87 Å². The average molecular weight is 455 g/mol. The first-order valence-electron chi connectivity index (χ1n) is 11.7. The van der Waals surface area contributed by atoms with E-state index >= 15 is 0 Å². The number of benzene rings is 2. The number of sulfonamides is 1. The fourth-order valence-electron chi connectivity index (χ4n) is 5.05. The SMILES string of the molecule is Cc1ccc(C)c(S(=O)(=O)N2CCC[C@H](C(=O)N3CCC(Cc4ccccc4)CC3)C2)c1. The van der Waals surface area contributed by atoms with Crippen molar-refractivity contribution < 1.29 is 13.2 Å². The molecule has 2 aliphatic rings. The molecular weight excluding hydrogens is 420 g/mol. The Hall–Kier alpha value is -2.18. The van der Waals surface area contributed by atoms with E-state index in [1.54, 1.807) is 6.07 Å². The maximum atomic E-state index is 13.3.